The van der Waals surface area contributed by atoms with Gasteiger partial charge in [0, 0.05) is 11.9 Å². The molecule has 0 unspecified atom stereocenters. The number of rotatable bonds is 4. The molecule has 7 heteroatoms. The molecule has 0 saturated carbocycles. The average Bonchev–Trinajstić information content (AvgIpc) is 3.03. The van der Waals surface area contributed by atoms with E-state index in [1.807, 2.05) is 6.07 Å². The van der Waals surface area contributed by atoms with E-state index in [9.17, 15) is 14.8 Å². The summed E-state index contributed by atoms with van der Waals surface area (Å²) in [5.41, 5.74) is 1.38. The molecule has 6 nitrogen and oxygen atoms in total. The molecule has 0 saturated heterocycles. The summed E-state index contributed by atoms with van der Waals surface area (Å²) in [6.07, 6.45) is 2.95. The normalized spacial score (nSPS) is 10.8. The number of methoxy groups -OCH3 is 1. The van der Waals surface area contributed by atoms with Crippen molar-refractivity contribution in [2.45, 2.75) is 0 Å². The van der Waals surface area contributed by atoms with Crippen molar-refractivity contribution in [2.24, 2.45) is 4.99 Å². The van der Waals surface area contributed by atoms with E-state index in [1.165, 1.54) is 37.9 Å². The highest BCUT2D eigenvalue weighted by Gasteiger charge is 2.11. The van der Waals surface area contributed by atoms with Crippen LogP contribution in [0.25, 0.3) is 5.69 Å². The lowest BCUT2D eigenvalue weighted by molar-refractivity contribution is 0.373. The summed E-state index contributed by atoms with van der Waals surface area (Å²) < 4.78 is 19.7. The van der Waals surface area contributed by atoms with Crippen LogP contribution < -0.4 is 4.74 Å². The van der Waals surface area contributed by atoms with Crippen LogP contribution in [-0.4, -0.2) is 28.0 Å². The molecule has 1 aromatic heterocycles. The Kier molecular flexibility index (Phi) is 4.44. The summed E-state index contributed by atoms with van der Waals surface area (Å²) in [4.78, 5) is 8.33. The van der Waals surface area contributed by atoms with E-state index in [1.54, 1.807) is 28.8 Å². The smallest absolute Gasteiger partial charge is 0.185 e. The van der Waals surface area contributed by atoms with Crippen molar-refractivity contribution in [3.8, 4) is 23.3 Å². The monoisotopic (exact) mass is 336 g/mol. The van der Waals surface area contributed by atoms with E-state index in [0.29, 0.717) is 22.8 Å². The Morgan fingerprint density at radius 2 is 2.04 bits per heavy atom. The predicted molar refractivity (Wildman–Crippen MR) is 90.1 cm³/mol. The molecule has 124 valence electrons. The van der Waals surface area contributed by atoms with Gasteiger partial charge in [-0.05, 0) is 48.0 Å². The van der Waals surface area contributed by atoms with Crippen LogP contribution in [0, 0.1) is 17.1 Å². The maximum absolute atomic E-state index is 13.1. The zero-order valence-electron chi connectivity index (χ0n) is 13.2. The predicted octanol–water partition coefficient (Wildman–Crippen LogP) is 3.35. The lowest BCUT2D eigenvalue weighted by Gasteiger charge is -2.05. The second-order valence-corrected chi connectivity index (χ2v) is 5.06. The lowest BCUT2D eigenvalue weighted by Crippen LogP contribution is -1.93. The first kappa shape index (κ1) is 16.2. The van der Waals surface area contributed by atoms with Crippen molar-refractivity contribution >= 4 is 12.0 Å². The van der Waals surface area contributed by atoms with Gasteiger partial charge in [0.1, 0.15) is 18.2 Å². The number of imidazole rings is 1. The summed E-state index contributed by atoms with van der Waals surface area (Å²) in [5, 5.41) is 19.0. The molecule has 25 heavy (non-hydrogen) atoms. The second-order valence-electron chi connectivity index (χ2n) is 5.06. The Balaban J connectivity index is 1.99. The van der Waals surface area contributed by atoms with Gasteiger partial charge >= 0.3 is 0 Å². The zero-order valence-corrected chi connectivity index (χ0v) is 13.2. The van der Waals surface area contributed by atoms with Crippen LogP contribution >= 0.6 is 0 Å². The molecule has 0 spiro atoms. The van der Waals surface area contributed by atoms with E-state index < -0.39 is 0 Å². The number of nitriles is 1. The highest BCUT2D eigenvalue weighted by Crippen LogP contribution is 2.27. The maximum atomic E-state index is 13.1. The molecule has 0 aliphatic rings. The van der Waals surface area contributed by atoms with Crippen molar-refractivity contribution in [1.82, 2.24) is 9.55 Å². The first-order valence-corrected chi connectivity index (χ1v) is 7.27. The Hall–Kier alpha value is -3.66. The van der Waals surface area contributed by atoms with Gasteiger partial charge < -0.3 is 9.84 Å². The second kappa shape index (κ2) is 6.84. The van der Waals surface area contributed by atoms with E-state index >= 15 is 0 Å². The largest absolute Gasteiger partial charge is 0.504 e. The standard InChI is InChI=1S/C18H13FN4O2/c1-25-17-7-2-12(8-16(17)24)10-21-18-15(9-20)22-11-23(18)14-5-3-13(19)4-6-14/h2-8,10-11,24H,1H3. The number of aliphatic imine (C=N–C) groups is 1. The van der Waals surface area contributed by atoms with Crippen LogP contribution in [0.3, 0.4) is 0 Å². The molecular formula is C18H13FN4O2. The van der Waals surface area contributed by atoms with Crippen molar-refractivity contribution in [3.63, 3.8) is 0 Å². The molecule has 0 bridgehead atoms. The Bertz CT molecular complexity index is 972. The van der Waals surface area contributed by atoms with Crippen LogP contribution in [0.1, 0.15) is 11.3 Å². The van der Waals surface area contributed by atoms with Crippen LogP contribution in [0.4, 0.5) is 10.2 Å². The molecule has 2 aromatic carbocycles. The summed E-state index contributed by atoms with van der Waals surface area (Å²) in [5.74, 6) is 0.290. The number of aromatic hydroxyl groups is 1. The van der Waals surface area contributed by atoms with E-state index in [0.717, 1.165) is 0 Å². The number of hydrogen-bond donors (Lipinski definition) is 1. The minimum Gasteiger partial charge on any atom is -0.504 e. The van der Waals surface area contributed by atoms with Gasteiger partial charge in [-0.25, -0.2) is 14.4 Å². The quantitative estimate of drug-likeness (QED) is 0.741. The van der Waals surface area contributed by atoms with Crippen LogP contribution in [0.5, 0.6) is 11.5 Å². The molecule has 1 heterocycles. The fourth-order valence-electron chi connectivity index (χ4n) is 2.26. The topological polar surface area (TPSA) is 83.4 Å². The third-order valence-electron chi connectivity index (χ3n) is 3.49. The van der Waals surface area contributed by atoms with E-state index in [2.05, 4.69) is 9.98 Å². The number of phenols is 1. The SMILES string of the molecule is COc1ccc(C=Nc2c(C#N)ncn2-c2ccc(F)cc2)cc1O. The third kappa shape index (κ3) is 3.33. The average molecular weight is 336 g/mol. The molecule has 0 aliphatic carbocycles. The molecule has 0 atom stereocenters. The number of halogens is 1. The highest BCUT2D eigenvalue weighted by molar-refractivity contribution is 5.83. The summed E-state index contributed by atoms with van der Waals surface area (Å²) in [7, 11) is 1.46. The number of aromatic nitrogens is 2. The third-order valence-corrected chi connectivity index (χ3v) is 3.49. The number of ether oxygens (including phenoxy) is 1. The summed E-state index contributed by atoms with van der Waals surface area (Å²) in [6, 6.07) is 12.6. The number of phenolic OH excluding ortho intramolecular Hbond substituents is 1. The van der Waals surface area contributed by atoms with Gasteiger partial charge in [-0.1, -0.05) is 0 Å². The minimum atomic E-state index is -0.358. The zero-order chi connectivity index (χ0) is 17.8. The number of benzene rings is 2. The van der Waals surface area contributed by atoms with Gasteiger partial charge in [-0.15, -0.1) is 0 Å². The fraction of sp³-hybridized carbons (Fsp3) is 0.0556. The van der Waals surface area contributed by atoms with Crippen molar-refractivity contribution in [3.05, 3.63) is 65.9 Å². The highest BCUT2D eigenvalue weighted by atomic mass is 19.1. The Labute approximate surface area is 143 Å². The van der Waals surface area contributed by atoms with Crippen molar-refractivity contribution in [2.75, 3.05) is 7.11 Å². The molecule has 0 radical (unpaired) electrons. The molecule has 1 N–H and O–H groups in total. The molecule has 3 rings (SSSR count). The van der Waals surface area contributed by atoms with E-state index in [-0.39, 0.29) is 17.3 Å². The summed E-state index contributed by atoms with van der Waals surface area (Å²) in [6.45, 7) is 0. The van der Waals surface area contributed by atoms with Gasteiger partial charge in [-0.2, -0.15) is 5.26 Å². The van der Waals surface area contributed by atoms with Gasteiger partial charge in [0.2, 0.25) is 0 Å². The van der Waals surface area contributed by atoms with E-state index in [4.69, 9.17) is 4.74 Å². The number of nitrogens with zero attached hydrogens (tertiary/aromatic N) is 4. The molecule has 0 amide bonds. The van der Waals surface area contributed by atoms with Crippen molar-refractivity contribution in [1.29, 1.82) is 5.26 Å². The first-order valence-electron chi connectivity index (χ1n) is 7.27. The van der Waals surface area contributed by atoms with Crippen LogP contribution in [-0.2, 0) is 0 Å². The fourth-order valence-corrected chi connectivity index (χ4v) is 2.26. The van der Waals surface area contributed by atoms with Crippen LogP contribution in [0.15, 0.2) is 53.8 Å². The molecular weight excluding hydrogens is 323 g/mol. The van der Waals surface area contributed by atoms with Gasteiger partial charge in [-0.3, -0.25) is 4.57 Å². The van der Waals surface area contributed by atoms with Crippen LogP contribution in [0.2, 0.25) is 0 Å². The molecule has 0 fully saturated rings. The Morgan fingerprint density at radius 1 is 1.28 bits per heavy atom. The van der Waals surface area contributed by atoms with Gasteiger partial charge in [0.05, 0.1) is 7.11 Å². The lowest BCUT2D eigenvalue weighted by atomic mass is 10.2. The molecule has 0 aliphatic heterocycles. The molecule has 3 aromatic rings. The Morgan fingerprint density at radius 3 is 2.68 bits per heavy atom. The van der Waals surface area contributed by atoms with Gasteiger partial charge in [0.25, 0.3) is 0 Å². The summed E-state index contributed by atoms with van der Waals surface area (Å²) >= 11 is 0. The number of hydrogen-bond acceptors (Lipinski definition) is 5. The minimum absolute atomic E-state index is 0.0148. The maximum Gasteiger partial charge on any atom is 0.185 e. The van der Waals surface area contributed by atoms with Gasteiger partial charge in [0.15, 0.2) is 23.0 Å². The van der Waals surface area contributed by atoms with Crippen molar-refractivity contribution < 1.29 is 14.2 Å². The first-order chi connectivity index (χ1) is 12.1.